The van der Waals surface area contributed by atoms with Crippen molar-refractivity contribution in [2.24, 2.45) is 0 Å². The van der Waals surface area contributed by atoms with Crippen molar-refractivity contribution in [1.29, 1.82) is 0 Å². The zero-order valence-electron chi connectivity index (χ0n) is 22.5. The van der Waals surface area contributed by atoms with Crippen molar-refractivity contribution in [2.45, 2.75) is 37.8 Å². The molecule has 0 saturated heterocycles. The topological polar surface area (TPSA) is 24.9 Å². The average Bonchev–Trinajstić information content (AvgIpc) is 2.96. The Labute approximate surface area is 238 Å². The van der Waals surface area contributed by atoms with Crippen LogP contribution >= 0.6 is 0 Å². The van der Waals surface area contributed by atoms with Gasteiger partial charge >= 0.3 is 12.4 Å². The standard InChI is InChI=1S/C32H26F6N2O2/c1-21-6-5-9-27(14-21)40-18-23-16-25(11-13-29(23)42-20-40)30(31(33,34)35,32(36,37)38)24-10-12-28-22(15-24)17-39(19-41-28)26-7-3-2-4-8-26/h2-16H,17-20H2,1H3. The van der Waals surface area contributed by atoms with Gasteiger partial charge in [-0.15, -0.1) is 0 Å². The number of hydrogen-bond acceptors (Lipinski definition) is 4. The van der Waals surface area contributed by atoms with E-state index in [1.807, 2.05) is 37.3 Å². The predicted octanol–water partition coefficient (Wildman–Crippen LogP) is 8.12. The number of aryl methyl sites for hydroxylation is 1. The largest absolute Gasteiger partial charge is 0.473 e. The first-order valence-corrected chi connectivity index (χ1v) is 13.2. The van der Waals surface area contributed by atoms with Crippen LogP contribution in [0.15, 0.2) is 91.0 Å². The van der Waals surface area contributed by atoms with Gasteiger partial charge in [-0.2, -0.15) is 26.3 Å². The van der Waals surface area contributed by atoms with Gasteiger partial charge in [0.15, 0.2) is 13.5 Å². The van der Waals surface area contributed by atoms with Crippen molar-refractivity contribution in [1.82, 2.24) is 0 Å². The van der Waals surface area contributed by atoms with Gasteiger partial charge in [-0.3, -0.25) is 0 Å². The Balaban J connectivity index is 1.45. The van der Waals surface area contributed by atoms with Crippen LogP contribution in [-0.2, 0) is 18.5 Å². The van der Waals surface area contributed by atoms with Crippen LogP contribution in [0.5, 0.6) is 11.5 Å². The molecule has 4 aromatic rings. The highest BCUT2D eigenvalue weighted by Gasteiger charge is 2.72. The minimum absolute atomic E-state index is 0.0858. The normalized spacial score (nSPS) is 15.4. The molecule has 0 atom stereocenters. The maximum Gasteiger partial charge on any atom is 0.411 e. The van der Waals surface area contributed by atoms with Gasteiger partial charge in [-0.05, 0) is 72.1 Å². The molecular formula is C32H26F6N2O2. The van der Waals surface area contributed by atoms with Crippen LogP contribution in [-0.4, -0.2) is 25.8 Å². The van der Waals surface area contributed by atoms with Crippen molar-refractivity contribution in [3.63, 3.8) is 0 Å². The summed E-state index contributed by atoms with van der Waals surface area (Å²) in [4.78, 5) is 3.50. The maximum absolute atomic E-state index is 15.0. The Morgan fingerprint density at radius 1 is 0.571 bits per heavy atom. The van der Waals surface area contributed by atoms with Crippen LogP contribution in [0.4, 0.5) is 37.7 Å². The Bertz CT molecular complexity index is 1590. The highest BCUT2D eigenvalue weighted by atomic mass is 19.4. The Morgan fingerprint density at radius 2 is 1.07 bits per heavy atom. The number of para-hydroxylation sites is 1. The third-order valence-electron chi connectivity index (χ3n) is 7.80. The SMILES string of the molecule is Cc1cccc(N2COc3ccc(C(c4ccc5c(c4)CN(c4ccccc4)CO5)(C(F)(F)F)C(F)(F)F)cc3C2)c1. The average molecular weight is 585 g/mol. The summed E-state index contributed by atoms with van der Waals surface area (Å²) in [6, 6.07) is 22.5. The van der Waals surface area contributed by atoms with Gasteiger partial charge in [-0.25, -0.2) is 0 Å². The van der Waals surface area contributed by atoms with Crippen LogP contribution in [0.2, 0.25) is 0 Å². The second kappa shape index (κ2) is 10.2. The van der Waals surface area contributed by atoms with E-state index in [2.05, 4.69) is 0 Å². The molecule has 4 aromatic carbocycles. The molecule has 2 aliphatic heterocycles. The minimum Gasteiger partial charge on any atom is -0.473 e. The summed E-state index contributed by atoms with van der Waals surface area (Å²) < 4.78 is 102. The number of benzene rings is 4. The number of rotatable bonds is 4. The van der Waals surface area contributed by atoms with Gasteiger partial charge < -0.3 is 19.3 Å². The van der Waals surface area contributed by atoms with Crippen LogP contribution < -0.4 is 19.3 Å². The van der Waals surface area contributed by atoms with Gasteiger partial charge in [0.2, 0.25) is 5.41 Å². The summed E-state index contributed by atoms with van der Waals surface area (Å²) in [5, 5.41) is 0. The van der Waals surface area contributed by atoms with E-state index in [1.165, 1.54) is 12.1 Å². The molecule has 0 N–H and O–H groups in total. The molecule has 4 nitrogen and oxygen atoms in total. The molecule has 0 aliphatic carbocycles. The summed E-state index contributed by atoms with van der Waals surface area (Å²) in [5.41, 5.74) is -3.23. The molecule has 0 aromatic heterocycles. The zero-order valence-corrected chi connectivity index (χ0v) is 22.5. The van der Waals surface area contributed by atoms with Gasteiger partial charge in [0.1, 0.15) is 11.5 Å². The second-order valence-electron chi connectivity index (χ2n) is 10.5. The quantitative estimate of drug-likeness (QED) is 0.226. The number of fused-ring (bicyclic) bond motifs is 2. The Hall–Kier alpha value is -4.34. The zero-order chi connectivity index (χ0) is 29.7. The number of anilines is 2. The van der Waals surface area contributed by atoms with E-state index < -0.39 is 28.9 Å². The summed E-state index contributed by atoms with van der Waals surface area (Å²) in [6.45, 7) is 2.29. The van der Waals surface area contributed by atoms with Crippen molar-refractivity contribution in [3.8, 4) is 11.5 Å². The fourth-order valence-electron chi connectivity index (χ4n) is 5.73. The Morgan fingerprint density at radius 3 is 1.57 bits per heavy atom. The summed E-state index contributed by atoms with van der Waals surface area (Å²) in [6.07, 6.45) is -11.4. The molecule has 0 unspecified atom stereocenters. The molecule has 0 amide bonds. The van der Waals surface area contributed by atoms with Crippen LogP contribution in [0.1, 0.15) is 27.8 Å². The first-order chi connectivity index (χ1) is 20.0. The van der Waals surface area contributed by atoms with E-state index in [-0.39, 0.29) is 49.2 Å². The van der Waals surface area contributed by atoms with E-state index >= 15 is 26.3 Å². The molecule has 218 valence electrons. The smallest absolute Gasteiger partial charge is 0.411 e. The molecule has 0 radical (unpaired) electrons. The monoisotopic (exact) mass is 584 g/mol. The van der Waals surface area contributed by atoms with Gasteiger partial charge in [0, 0.05) is 35.6 Å². The van der Waals surface area contributed by atoms with Gasteiger partial charge in [-0.1, -0.05) is 42.5 Å². The summed E-state index contributed by atoms with van der Waals surface area (Å²) in [7, 11) is 0. The first-order valence-electron chi connectivity index (χ1n) is 13.2. The maximum atomic E-state index is 15.0. The molecule has 0 fully saturated rings. The van der Waals surface area contributed by atoms with Gasteiger partial charge in [0.05, 0.1) is 0 Å². The lowest BCUT2D eigenvalue weighted by Crippen LogP contribution is -2.55. The number of alkyl halides is 6. The van der Waals surface area contributed by atoms with Gasteiger partial charge in [0.25, 0.3) is 0 Å². The lowest BCUT2D eigenvalue weighted by Gasteiger charge is -2.40. The van der Waals surface area contributed by atoms with Crippen molar-refractivity contribution >= 4 is 11.4 Å². The molecule has 42 heavy (non-hydrogen) atoms. The molecule has 10 heteroatoms. The fourth-order valence-corrected chi connectivity index (χ4v) is 5.73. The van der Waals surface area contributed by atoms with Crippen LogP contribution in [0.25, 0.3) is 0 Å². The summed E-state index contributed by atoms with van der Waals surface area (Å²) in [5.74, 6) is 0.495. The third kappa shape index (κ3) is 4.68. The first kappa shape index (κ1) is 27.8. The van der Waals surface area contributed by atoms with Crippen molar-refractivity contribution < 1.29 is 35.8 Å². The molecular weight excluding hydrogens is 558 g/mol. The summed E-state index contributed by atoms with van der Waals surface area (Å²) >= 11 is 0. The predicted molar refractivity (Wildman–Crippen MR) is 147 cm³/mol. The van der Waals surface area contributed by atoms with Crippen molar-refractivity contribution in [3.05, 3.63) is 119 Å². The molecule has 6 rings (SSSR count). The van der Waals surface area contributed by atoms with Crippen molar-refractivity contribution in [2.75, 3.05) is 23.3 Å². The van der Waals surface area contributed by atoms with E-state index in [4.69, 9.17) is 9.47 Å². The highest BCUT2D eigenvalue weighted by molar-refractivity contribution is 5.56. The number of ether oxygens (including phenoxy) is 2. The van der Waals surface area contributed by atoms with E-state index in [1.54, 1.807) is 34.1 Å². The lowest BCUT2D eigenvalue weighted by molar-refractivity contribution is -0.288. The minimum atomic E-state index is -5.71. The lowest BCUT2D eigenvalue weighted by atomic mass is 9.72. The third-order valence-corrected chi connectivity index (χ3v) is 7.80. The number of nitrogens with zero attached hydrogens (tertiary/aromatic N) is 2. The Kier molecular flexibility index (Phi) is 6.74. The fraction of sp³-hybridized carbons (Fsp3) is 0.250. The molecule has 2 heterocycles. The number of hydrogen-bond donors (Lipinski definition) is 0. The van der Waals surface area contributed by atoms with E-state index in [0.717, 1.165) is 41.2 Å². The second-order valence-corrected chi connectivity index (χ2v) is 10.5. The molecule has 0 bridgehead atoms. The molecule has 0 saturated carbocycles. The van der Waals surface area contributed by atoms with Crippen LogP contribution in [0.3, 0.4) is 0 Å². The van der Waals surface area contributed by atoms with E-state index in [0.29, 0.717) is 0 Å². The highest BCUT2D eigenvalue weighted by Crippen LogP contribution is 2.57. The van der Waals surface area contributed by atoms with E-state index in [9.17, 15) is 0 Å². The van der Waals surface area contributed by atoms with Crippen LogP contribution in [0, 0.1) is 6.92 Å². The molecule has 2 aliphatic rings. The number of halogens is 6. The molecule has 0 spiro atoms.